The van der Waals surface area contributed by atoms with E-state index in [2.05, 4.69) is 0 Å². The van der Waals surface area contributed by atoms with Crippen LogP contribution in [0.4, 0.5) is 5.69 Å². The number of ether oxygens (including phenoxy) is 1. The molecule has 2 amide bonds. The van der Waals surface area contributed by atoms with Crippen molar-refractivity contribution in [3.63, 3.8) is 0 Å². The van der Waals surface area contributed by atoms with Crippen LogP contribution in [0.15, 0.2) is 48.6 Å². The number of nitrogens with zero attached hydrogens (tertiary/aromatic N) is 1. The molecule has 3 rings (SSSR count). The summed E-state index contributed by atoms with van der Waals surface area (Å²) in [5.74, 6) is 0.0760. The van der Waals surface area contributed by atoms with E-state index in [1.165, 1.54) is 17.1 Å². The van der Waals surface area contributed by atoms with E-state index in [-0.39, 0.29) is 11.8 Å². The van der Waals surface area contributed by atoms with Gasteiger partial charge in [0.1, 0.15) is 5.75 Å². The van der Waals surface area contributed by atoms with Gasteiger partial charge in [0.05, 0.1) is 12.8 Å². The average Bonchev–Trinajstić information content (AvgIpc) is 2.77. The summed E-state index contributed by atoms with van der Waals surface area (Å²) in [6.45, 7) is 0. The van der Waals surface area contributed by atoms with Gasteiger partial charge in [-0.2, -0.15) is 0 Å². The van der Waals surface area contributed by atoms with Crippen molar-refractivity contribution in [1.29, 1.82) is 0 Å². The van der Waals surface area contributed by atoms with Gasteiger partial charge in [-0.25, -0.2) is 4.90 Å². The first-order chi connectivity index (χ1) is 9.22. The highest BCUT2D eigenvalue weighted by Gasteiger charge is 2.26. The maximum Gasteiger partial charge on any atom is 0.258 e. The Morgan fingerprint density at radius 3 is 2.21 bits per heavy atom. The van der Waals surface area contributed by atoms with Crippen LogP contribution in [-0.2, 0) is 9.59 Å². The molecule has 19 heavy (non-hydrogen) atoms. The molecule has 0 radical (unpaired) electrons. The number of carbonyl (C=O) groups excluding carboxylic acids is 2. The predicted molar refractivity (Wildman–Crippen MR) is 72.1 cm³/mol. The van der Waals surface area contributed by atoms with E-state index in [9.17, 15) is 9.59 Å². The second-order valence-electron chi connectivity index (χ2n) is 4.18. The van der Waals surface area contributed by atoms with Gasteiger partial charge in [-0.3, -0.25) is 9.59 Å². The first-order valence-electron chi connectivity index (χ1n) is 5.84. The summed E-state index contributed by atoms with van der Waals surface area (Å²) in [7, 11) is 1.59. The fraction of sp³-hybridized carbons (Fsp3) is 0.0667. The molecule has 0 saturated carbocycles. The Hall–Kier alpha value is -2.62. The third-order valence-corrected chi connectivity index (χ3v) is 3.13. The minimum atomic E-state index is -0.319. The van der Waals surface area contributed by atoms with Gasteiger partial charge in [0.15, 0.2) is 0 Å². The quantitative estimate of drug-likeness (QED) is 0.771. The molecule has 0 unspecified atom stereocenters. The summed E-state index contributed by atoms with van der Waals surface area (Å²) in [4.78, 5) is 24.7. The van der Waals surface area contributed by atoms with Crippen LogP contribution in [0.2, 0.25) is 0 Å². The molecule has 4 heteroatoms. The molecule has 1 aliphatic rings. The van der Waals surface area contributed by atoms with Crippen LogP contribution in [0.25, 0.3) is 10.8 Å². The number of benzene rings is 2. The Labute approximate surface area is 109 Å². The van der Waals surface area contributed by atoms with Crippen molar-refractivity contribution in [3.8, 4) is 5.75 Å². The smallest absolute Gasteiger partial charge is 0.258 e. The molecule has 0 atom stereocenters. The monoisotopic (exact) mass is 253 g/mol. The van der Waals surface area contributed by atoms with Crippen molar-refractivity contribution < 1.29 is 14.3 Å². The molecule has 2 aromatic rings. The summed E-state index contributed by atoms with van der Waals surface area (Å²) in [5.41, 5.74) is 0.580. The lowest BCUT2D eigenvalue weighted by Crippen LogP contribution is -2.29. The van der Waals surface area contributed by atoms with Crippen molar-refractivity contribution >= 4 is 28.3 Å². The SMILES string of the molecule is COc1cccc2c(N3C(=O)C=CC3=O)cccc12. The van der Waals surface area contributed by atoms with Crippen molar-refractivity contribution in [2.24, 2.45) is 0 Å². The lowest BCUT2D eigenvalue weighted by Gasteiger charge is -2.17. The van der Waals surface area contributed by atoms with E-state index in [4.69, 9.17) is 4.74 Å². The van der Waals surface area contributed by atoms with Gasteiger partial charge in [0.2, 0.25) is 0 Å². The largest absolute Gasteiger partial charge is 0.496 e. The zero-order chi connectivity index (χ0) is 13.4. The second kappa shape index (κ2) is 4.24. The molecule has 94 valence electrons. The summed E-state index contributed by atoms with van der Waals surface area (Å²) in [5, 5.41) is 1.68. The number of hydrogen-bond donors (Lipinski definition) is 0. The normalized spacial score (nSPS) is 14.5. The fourth-order valence-electron chi connectivity index (χ4n) is 2.28. The number of carbonyl (C=O) groups is 2. The molecule has 0 N–H and O–H groups in total. The van der Waals surface area contributed by atoms with E-state index >= 15 is 0 Å². The van der Waals surface area contributed by atoms with Gasteiger partial charge in [-0.1, -0.05) is 24.3 Å². The van der Waals surface area contributed by atoms with Gasteiger partial charge in [-0.15, -0.1) is 0 Å². The van der Waals surface area contributed by atoms with Crippen LogP contribution in [0.1, 0.15) is 0 Å². The van der Waals surface area contributed by atoms with Gasteiger partial charge in [-0.05, 0) is 12.1 Å². The molecule has 1 heterocycles. The van der Waals surface area contributed by atoms with Crippen molar-refractivity contribution in [3.05, 3.63) is 48.6 Å². The summed E-state index contributed by atoms with van der Waals surface area (Å²) in [6, 6.07) is 11.0. The third-order valence-electron chi connectivity index (χ3n) is 3.13. The Bertz CT molecular complexity index is 700. The lowest BCUT2D eigenvalue weighted by molar-refractivity contribution is -0.119. The number of imide groups is 1. The Morgan fingerprint density at radius 1 is 0.895 bits per heavy atom. The molecule has 1 aliphatic heterocycles. The molecular formula is C15H11NO3. The number of anilines is 1. The predicted octanol–water partition coefficient (Wildman–Crippen LogP) is 2.28. The highest BCUT2D eigenvalue weighted by Crippen LogP contribution is 2.33. The van der Waals surface area contributed by atoms with Crippen molar-refractivity contribution in [1.82, 2.24) is 0 Å². The van der Waals surface area contributed by atoms with Crippen molar-refractivity contribution in [2.45, 2.75) is 0 Å². The molecule has 0 fully saturated rings. The molecule has 0 aromatic heterocycles. The van der Waals surface area contributed by atoms with Crippen LogP contribution >= 0.6 is 0 Å². The zero-order valence-electron chi connectivity index (χ0n) is 10.3. The lowest BCUT2D eigenvalue weighted by atomic mass is 10.1. The van der Waals surface area contributed by atoms with E-state index in [0.717, 1.165) is 10.8 Å². The van der Waals surface area contributed by atoms with Gasteiger partial charge in [0, 0.05) is 22.9 Å². The first kappa shape index (κ1) is 11.5. The number of hydrogen-bond acceptors (Lipinski definition) is 3. The van der Waals surface area contributed by atoms with Gasteiger partial charge < -0.3 is 4.74 Å². The average molecular weight is 253 g/mol. The maximum absolute atomic E-state index is 11.8. The van der Waals surface area contributed by atoms with Crippen LogP contribution in [0, 0.1) is 0 Å². The molecule has 0 aliphatic carbocycles. The standard InChI is InChI=1S/C15H11NO3/c1-19-13-7-3-4-10-11(13)5-2-6-12(10)16-14(17)8-9-15(16)18/h2-9H,1H3. The molecule has 0 bridgehead atoms. The molecule has 2 aromatic carbocycles. The van der Waals surface area contributed by atoms with Crippen LogP contribution < -0.4 is 9.64 Å². The Morgan fingerprint density at radius 2 is 1.53 bits per heavy atom. The van der Waals surface area contributed by atoms with Crippen LogP contribution in [0.3, 0.4) is 0 Å². The fourth-order valence-corrected chi connectivity index (χ4v) is 2.28. The topological polar surface area (TPSA) is 46.6 Å². The second-order valence-corrected chi connectivity index (χ2v) is 4.18. The van der Waals surface area contributed by atoms with E-state index in [0.29, 0.717) is 11.4 Å². The number of methoxy groups -OCH3 is 1. The zero-order valence-corrected chi connectivity index (χ0v) is 10.3. The third kappa shape index (κ3) is 1.69. The van der Waals surface area contributed by atoms with Crippen LogP contribution in [0.5, 0.6) is 5.75 Å². The molecule has 0 spiro atoms. The Kier molecular flexibility index (Phi) is 2.56. The highest BCUT2D eigenvalue weighted by atomic mass is 16.5. The number of amides is 2. The minimum absolute atomic E-state index is 0.319. The summed E-state index contributed by atoms with van der Waals surface area (Å²) >= 11 is 0. The minimum Gasteiger partial charge on any atom is -0.496 e. The Balaban J connectivity index is 2.25. The van der Waals surface area contributed by atoms with E-state index in [1.54, 1.807) is 19.2 Å². The molecule has 4 nitrogen and oxygen atoms in total. The number of fused-ring (bicyclic) bond motifs is 1. The molecular weight excluding hydrogens is 242 g/mol. The van der Waals surface area contributed by atoms with Crippen molar-refractivity contribution in [2.75, 3.05) is 12.0 Å². The van der Waals surface area contributed by atoms with E-state index in [1.807, 2.05) is 24.3 Å². The summed E-state index contributed by atoms with van der Waals surface area (Å²) < 4.78 is 5.29. The van der Waals surface area contributed by atoms with Gasteiger partial charge >= 0.3 is 0 Å². The number of rotatable bonds is 2. The van der Waals surface area contributed by atoms with Crippen LogP contribution in [-0.4, -0.2) is 18.9 Å². The summed E-state index contributed by atoms with van der Waals surface area (Å²) in [6.07, 6.45) is 2.56. The molecule has 0 saturated heterocycles. The maximum atomic E-state index is 11.8. The first-order valence-corrected chi connectivity index (χ1v) is 5.84. The van der Waals surface area contributed by atoms with E-state index < -0.39 is 0 Å². The highest BCUT2D eigenvalue weighted by molar-refractivity contribution is 6.30. The van der Waals surface area contributed by atoms with Gasteiger partial charge in [0.25, 0.3) is 11.8 Å².